The van der Waals surface area contributed by atoms with Gasteiger partial charge in [0.05, 0.1) is 21.6 Å². The van der Waals surface area contributed by atoms with Gasteiger partial charge in [-0.3, -0.25) is 44.3 Å². The molecule has 87 heavy (non-hydrogen) atoms. The zero-order chi connectivity index (χ0) is 61.0. The number of ether oxygens (including phenoxy) is 1. The van der Waals surface area contributed by atoms with Crippen LogP contribution in [-0.2, 0) is 31.0 Å². The van der Waals surface area contributed by atoms with E-state index in [1.165, 1.54) is 46.0 Å². The first kappa shape index (κ1) is 60.4. The molecule has 21 nitrogen and oxygen atoms in total. The van der Waals surface area contributed by atoms with Crippen molar-refractivity contribution in [3.8, 4) is 11.5 Å². The number of piperazine rings is 1. The van der Waals surface area contributed by atoms with E-state index in [2.05, 4.69) is 66.4 Å². The number of nitrogens with one attached hydrogen (secondary N) is 5. The van der Waals surface area contributed by atoms with Crippen LogP contribution >= 0.6 is 11.6 Å². The Bertz CT molecular complexity index is 3780. The van der Waals surface area contributed by atoms with Gasteiger partial charge in [0.25, 0.3) is 27.5 Å². The van der Waals surface area contributed by atoms with Crippen molar-refractivity contribution in [2.75, 3.05) is 74.4 Å². The molecule has 1 atom stereocenters. The van der Waals surface area contributed by atoms with E-state index < -0.39 is 43.4 Å². The van der Waals surface area contributed by atoms with Crippen LogP contribution in [0.1, 0.15) is 116 Å². The van der Waals surface area contributed by atoms with Crippen LogP contribution in [-0.4, -0.2) is 132 Å². The van der Waals surface area contributed by atoms with Crippen molar-refractivity contribution < 1.29 is 42.1 Å². The van der Waals surface area contributed by atoms with Crippen LogP contribution < -0.4 is 30.3 Å². The number of pyridine rings is 1. The van der Waals surface area contributed by atoms with Crippen LogP contribution in [0.4, 0.5) is 22.7 Å². The summed E-state index contributed by atoms with van der Waals surface area (Å²) in [6.45, 7) is 10.8. The summed E-state index contributed by atoms with van der Waals surface area (Å²) in [7, 11) is -4.65. The van der Waals surface area contributed by atoms with E-state index in [-0.39, 0.29) is 59.0 Å². The van der Waals surface area contributed by atoms with Crippen LogP contribution in [0.5, 0.6) is 11.5 Å². The fraction of sp³-hybridized carbons (Fsp3) is 0.406. The van der Waals surface area contributed by atoms with Crippen LogP contribution in [0.25, 0.3) is 16.6 Å². The Hall–Kier alpha value is -8.34. The molecule has 4 aromatic carbocycles. The van der Waals surface area contributed by atoms with Gasteiger partial charge in [-0.15, -0.1) is 0 Å². The zero-order valence-corrected chi connectivity index (χ0v) is 50.4. The van der Waals surface area contributed by atoms with E-state index in [0.29, 0.717) is 93.4 Å². The number of sulfonamides is 1. The van der Waals surface area contributed by atoms with Gasteiger partial charge in [-0.05, 0) is 134 Å². The number of unbranched alkanes of at least 4 members (excludes halogenated alkanes) is 2. The molecule has 6 aromatic rings. The second-order valence-electron chi connectivity index (χ2n) is 24.1. The number of carbonyl (C=O) groups is 5. The monoisotopic (exact) mass is 1220 g/mol. The van der Waals surface area contributed by atoms with Crippen molar-refractivity contribution in [1.29, 1.82) is 0 Å². The summed E-state index contributed by atoms with van der Waals surface area (Å²) in [4.78, 5) is 91.7. The molecule has 0 bridgehead atoms. The van der Waals surface area contributed by atoms with Gasteiger partial charge in [-0.1, -0.05) is 55.6 Å². The smallest absolute Gasteiger partial charge is 0.293 e. The van der Waals surface area contributed by atoms with E-state index in [9.17, 15) is 42.5 Å². The number of benzene rings is 4. The number of hydrogen-bond acceptors (Lipinski definition) is 15. The average Bonchev–Trinajstić information content (AvgIpc) is 2.57. The molecule has 0 radical (unpaired) electrons. The number of likely N-dealkylation sites (tertiary alicyclic amines) is 1. The lowest BCUT2D eigenvalue weighted by atomic mass is 9.72. The Morgan fingerprint density at radius 1 is 0.874 bits per heavy atom. The predicted molar refractivity (Wildman–Crippen MR) is 332 cm³/mol. The fourth-order valence-corrected chi connectivity index (χ4v) is 13.7. The number of nitro groups is 1. The van der Waals surface area contributed by atoms with Gasteiger partial charge in [0, 0.05) is 130 Å². The molecule has 11 rings (SSSR count). The maximum absolute atomic E-state index is 14.2. The molecule has 5 N–H and O–H groups in total. The lowest BCUT2D eigenvalue weighted by molar-refractivity contribution is -0.384. The number of carbonyl (C=O) groups excluding carboxylic acids is 5. The van der Waals surface area contributed by atoms with Crippen LogP contribution in [0.15, 0.2) is 114 Å². The molecular formula is C64H72ClN11O10S. The van der Waals surface area contributed by atoms with Crippen molar-refractivity contribution in [2.45, 2.75) is 102 Å². The number of halogens is 1. The fourth-order valence-electron chi connectivity index (χ4n) is 12.5. The van der Waals surface area contributed by atoms with Gasteiger partial charge in [-0.2, -0.15) is 0 Å². The molecule has 4 aliphatic heterocycles. The summed E-state index contributed by atoms with van der Waals surface area (Å²) in [5.41, 5.74) is 7.44. The number of allylic oxidation sites excluding steroid dienone is 1. The summed E-state index contributed by atoms with van der Waals surface area (Å²) in [6.07, 6.45) is 10.9. The highest BCUT2D eigenvalue weighted by molar-refractivity contribution is 7.90. The molecule has 23 heteroatoms. The Kier molecular flexibility index (Phi) is 18.0. The van der Waals surface area contributed by atoms with E-state index in [4.69, 9.17) is 16.3 Å². The van der Waals surface area contributed by atoms with Crippen molar-refractivity contribution in [1.82, 2.24) is 34.7 Å². The minimum absolute atomic E-state index is 0.0664. The number of rotatable bonds is 21. The van der Waals surface area contributed by atoms with Crippen LogP contribution in [0.2, 0.25) is 5.02 Å². The second-order valence-corrected chi connectivity index (χ2v) is 26.2. The van der Waals surface area contributed by atoms with Gasteiger partial charge < -0.3 is 35.1 Å². The van der Waals surface area contributed by atoms with Crippen molar-refractivity contribution >= 4 is 90.5 Å². The Morgan fingerprint density at radius 2 is 1.67 bits per heavy atom. The summed E-state index contributed by atoms with van der Waals surface area (Å²) >= 11 is 6.27. The lowest BCUT2D eigenvalue weighted by Crippen LogP contribution is -2.52. The lowest BCUT2D eigenvalue weighted by Gasteiger charge is -2.39. The molecular weight excluding hydrogens is 1150 g/mol. The molecule has 456 valence electrons. The zero-order valence-electron chi connectivity index (χ0n) is 48.9. The number of H-pyrrole nitrogens is 1. The highest BCUT2D eigenvalue weighted by Gasteiger charge is 2.40. The van der Waals surface area contributed by atoms with Crippen LogP contribution in [0, 0.1) is 21.4 Å². The molecule has 3 fully saturated rings. The number of fused-ring (bicyclic) bond motifs is 2. The highest BCUT2D eigenvalue weighted by Crippen LogP contribution is 2.44. The van der Waals surface area contributed by atoms with Crippen LogP contribution in [0.3, 0.4) is 0 Å². The van der Waals surface area contributed by atoms with Gasteiger partial charge in [0.1, 0.15) is 28.9 Å². The SMILES string of the molecule is CC1(C)CCC(CN2CCN(c3ccc(C(=O)NS(=O)(=O)c4ccc(NCC5CCN(C(=O)CCCCCNc6cccc7c6CN(C6CCC(=O)NC6=O)C7=O)CC5)c([N+](=O)[O-])c4)c(Oc4cnc5[nH]ccc5c4)c3)CC2)=C(c2ccc(Cl)cc2)C1. The summed E-state index contributed by atoms with van der Waals surface area (Å²) in [5.74, 6) is -1.42. The number of aromatic amines is 1. The first-order chi connectivity index (χ1) is 41.8. The third kappa shape index (κ3) is 14.1. The molecule has 2 aromatic heterocycles. The maximum Gasteiger partial charge on any atom is 0.293 e. The molecule has 3 saturated heterocycles. The molecule has 5 amide bonds. The Balaban J connectivity index is 0.665. The number of anilines is 3. The van der Waals surface area contributed by atoms with E-state index >= 15 is 0 Å². The van der Waals surface area contributed by atoms with Crippen molar-refractivity contribution in [2.24, 2.45) is 11.3 Å². The molecule has 0 spiro atoms. The number of piperidine rings is 2. The largest absolute Gasteiger partial charge is 0.455 e. The first-order valence-electron chi connectivity index (χ1n) is 29.9. The van der Waals surface area contributed by atoms with Crippen molar-refractivity contribution in [3.63, 3.8) is 0 Å². The van der Waals surface area contributed by atoms with Gasteiger partial charge in [-0.25, -0.2) is 18.1 Å². The van der Waals surface area contributed by atoms with E-state index in [1.807, 2.05) is 29.2 Å². The number of nitrogens with zero attached hydrogens (tertiary/aromatic N) is 6. The van der Waals surface area contributed by atoms with E-state index in [0.717, 1.165) is 80.1 Å². The highest BCUT2D eigenvalue weighted by atomic mass is 35.5. The predicted octanol–water partition coefficient (Wildman–Crippen LogP) is 9.91. The Labute approximate surface area is 510 Å². The van der Waals surface area contributed by atoms with Gasteiger partial charge in [0.2, 0.25) is 17.7 Å². The first-order valence-corrected chi connectivity index (χ1v) is 31.8. The molecule has 5 aliphatic rings. The maximum atomic E-state index is 14.2. The molecule has 1 unspecified atom stereocenters. The molecule has 0 saturated carbocycles. The average molecular weight is 1220 g/mol. The summed E-state index contributed by atoms with van der Waals surface area (Å²) in [6, 6.07) is 25.0. The number of amides is 5. The third-order valence-electron chi connectivity index (χ3n) is 17.6. The number of aromatic nitrogens is 2. The number of nitro benzene ring substituents is 1. The minimum Gasteiger partial charge on any atom is -0.455 e. The Morgan fingerprint density at radius 3 is 2.44 bits per heavy atom. The number of imide groups is 1. The summed E-state index contributed by atoms with van der Waals surface area (Å²) in [5, 5.41) is 22.9. The molecule has 1 aliphatic carbocycles. The van der Waals surface area contributed by atoms with E-state index in [1.54, 1.807) is 36.5 Å². The molecule has 6 heterocycles. The third-order valence-corrected chi connectivity index (χ3v) is 19.1. The number of hydrogen-bond donors (Lipinski definition) is 5. The second kappa shape index (κ2) is 25.9. The standard InChI is InChI=1S/C64H72ClN11O10S/c1-64(2)24-20-44(51(36-64)42-10-12-45(65)13-11-42)39-72-29-31-73(32-30-72)46-14-16-50(57(34-46)86-47-33-43-21-26-67-60(43)69-38-47)61(79)71-87(84,85)48-15-17-54(56(35-48)76(82)83)68-37-41-22-27-74(28-23-41)59(78)9-4-3-5-25-66-53-8-6-7-49-52(53)40-75(63(49)81)55-18-19-58(77)70-62(55)80/h6-8,10-17,21,26,33-35,38,41,55,66,68H,3-5,9,18-20,22-25,27-32,36-37,39-40H2,1-2H3,(H,67,69)(H,71,79)(H,70,77,80). The van der Waals surface area contributed by atoms with Crippen molar-refractivity contribution in [3.05, 3.63) is 146 Å². The minimum atomic E-state index is -4.65. The van der Waals surface area contributed by atoms with Gasteiger partial charge >= 0.3 is 0 Å². The topological polar surface area (TPSA) is 262 Å². The summed E-state index contributed by atoms with van der Waals surface area (Å²) < 4.78 is 36.5. The normalized spacial score (nSPS) is 18.4. The van der Waals surface area contributed by atoms with Gasteiger partial charge in [0.15, 0.2) is 0 Å². The quantitative estimate of drug-likeness (QED) is 0.0194.